The van der Waals surface area contributed by atoms with Crippen LogP contribution in [0, 0.1) is 13.8 Å². The standard InChI is InChI=1S/C31H40N2O6/c1-5-6-16-39-25-11-10-23(20-26(25)37-4)28-27(29(34)24-19-21(2)8-9-22(24)3)30(35)31(36)33(28)13-7-12-32-14-17-38-18-15-32/h8-11,19-20,28,34H,5-7,12-18H2,1-4H3. The maximum absolute atomic E-state index is 13.5. The summed E-state index contributed by atoms with van der Waals surface area (Å²) in [6, 6.07) is 10.4. The fourth-order valence-electron chi connectivity index (χ4n) is 5.18. The van der Waals surface area contributed by atoms with E-state index in [9.17, 15) is 14.7 Å². The number of carbonyl (C=O) groups is 2. The van der Waals surface area contributed by atoms with Gasteiger partial charge in [0.25, 0.3) is 11.7 Å². The first-order valence-corrected chi connectivity index (χ1v) is 13.8. The van der Waals surface area contributed by atoms with Gasteiger partial charge in [-0.1, -0.05) is 37.1 Å². The molecule has 0 aromatic heterocycles. The Bertz CT molecular complexity index is 1220. The molecule has 8 nitrogen and oxygen atoms in total. The SMILES string of the molecule is CCCCOc1ccc(C2C(=C(O)c3cc(C)ccc3C)C(=O)C(=O)N2CCCN2CCOCC2)cc1OC. The number of amides is 1. The lowest BCUT2D eigenvalue weighted by Crippen LogP contribution is -2.39. The molecular formula is C31H40N2O6. The van der Waals surface area contributed by atoms with Crippen molar-refractivity contribution in [3.05, 3.63) is 64.2 Å². The number of morpholine rings is 1. The van der Waals surface area contributed by atoms with Crippen molar-refractivity contribution >= 4 is 17.4 Å². The third kappa shape index (κ3) is 6.45. The topological polar surface area (TPSA) is 88.5 Å². The molecule has 2 heterocycles. The summed E-state index contributed by atoms with van der Waals surface area (Å²) in [6.07, 6.45) is 2.63. The van der Waals surface area contributed by atoms with Crippen LogP contribution in [0.15, 0.2) is 42.0 Å². The van der Waals surface area contributed by atoms with Crippen LogP contribution in [0.25, 0.3) is 5.76 Å². The van der Waals surface area contributed by atoms with Gasteiger partial charge in [-0.15, -0.1) is 0 Å². The fraction of sp³-hybridized carbons (Fsp3) is 0.484. The summed E-state index contributed by atoms with van der Waals surface area (Å²) in [4.78, 5) is 30.8. The quantitative estimate of drug-likeness (QED) is 0.194. The molecular weight excluding hydrogens is 496 g/mol. The summed E-state index contributed by atoms with van der Waals surface area (Å²) in [5, 5.41) is 11.5. The summed E-state index contributed by atoms with van der Waals surface area (Å²) in [6.45, 7) is 10.8. The van der Waals surface area contributed by atoms with Crippen molar-refractivity contribution in [2.45, 2.75) is 46.1 Å². The molecule has 0 aliphatic carbocycles. The summed E-state index contributed by atoms with van der Waals surface area (Å²) in [5.74, 6) is -0.302. The number of aliphatic hydroxyl groups is 1. The zero-order chi connectivity index (χ0) is 27.9. The zero-order valence-corrected chi connectivity index (χ0v) is 23.5. The third-order valence-corrected chi connectivity index (χ3v) is 7.42. The van der Waals surface area contributed by atoms with E-state index in [0.29, 0.717) is 55.4 Å². The van der Waals surface area contributed by atoms with Crippen LogP contribution in [0.1, 0.15) is 54.5 Å². The Morgan fingerprint density at radius 2 is 1.79 bits per heavy atom. The van der Waals surface area contributed by atoms with Crippen LogP contribution >= 0.6 is 0 Å². The van der Waals surface area contributed by atoms with E-state index in [1.165, 1.54) is 0 Å². The molecule has 0 bridgehead atoms. The van der Waals surface area contributed by atoms with Crippen molar-refractivity contribution in [3.8, 4) is 11.5 Å². The molecule has 1 atom stereocenters. The number of benzene rings is 2. The van der Waals surface area contributed by atoms with Gasteiger partial charge in [0.15, 0.2) is 11.5 Å². The minimum atomic E-state index is -0.742. The second-order valence-corrected chi connectivity index (χ2v) is 10.2. The molecule has 0 radical (unpaired) electrons. The van der Waals surface area contributed by atoms with Crippen molar-refractivity contribution < 1.29 is 28.9 Å². The van der Waals surface area contributed by atoms with Crippen LogP contribution in [0.5, 0.6) is 11.5 Å². The van der Waals surface area contributed by atoms with Crippen LogP contribution in [-0.4, -0.2) is 79.7 Å². The average Bonchev–Trinajstić information content (AvgIpc) is 3.20. The van der Waals surface area contributed by atoms with Crippen molar-refractivity contribution in [1.82, 2.24) is 9.80 Å². The molecule has 2 aliphatic heterocycles. The van der Waals surface area contributed by atoms with E-state index in [4.69, 9.17) is 14.2 Å². The second kappa shape index (κ2) is 13.1. The Morgan fingerprint density at radius 1 is 1.03 bits per heavy atom. The van der Waals surface area contributed by atoms with Gasteiger partial charge in [-0.05, 0) is 56.0 Å². The minimum Gasteiger partial charge on any atom is -0.507 e. The maximum Gasteiger partial charge on any atom is 0.295 e. The van der Waals surface area contributed by atoms with Crippen LogP contribution < -0.4 is 9.47 Å². The number of aliphatic hydroxyl groups excluding tert-OH is 1. The number of rotatable bonds is 11. The summed E-state index contributed by atoms with van der Waals surface area (Å²) in [5.41, 5.74) is 3.12. The Labute approximate surface area is 231 Å². The Morgan fingerprint density at radius 3 is 2.51 bits per heavy atom. The van der Waals surface area contributed by atoms with Gasteiger partial charge in [0.2, 0.25) is 0 Å². The first kappa shape index (κ1) is 28.6. The number of likely N-dealkylation sites (tertiary alicyclic amines) is 1. The number of ether oxygens (including phenoxy) is 3. The number of nitrogens with zero attached hydrogens (tertiary/aromatic N) is 2. The minimum absolute atomic E-state index is 0.0989. The Kier molecular flexibility index (Phi) is 9.64. The monoisotopic (exact) mass is 536 g/mol. The molecule has 8 heteroatoms. The number of hydrogen-bond acceptors (Lipinski definition) is 7. The van der Waals surface area contributed by atoms with Gasteiger partial charge in [-0.2, -0.15) is 0 Å². The lowest BCUT2D eigenvalue weighted by atomic mass is 9.93. The number of aryl methyl sites for hydroxylation is 2. The van der Waals surface area contributed by atoms with Crippen LogP contribution in [0.2, 0.25) is 0 Å². The first-order chi connectivity index (χ1) is 18.8. The highest BCUT2D eigenvalue weighted by Gasteiger charge is 2.46. The molecule has 1 N–H and O–H groups in total. The smallest absolute Gasteiger partial charge is 0.295 e. The highest BCUT2D eigenvalue weighted by molar-refractivity contribution is 6.46. The van der Waals surface area contributed by atoms with Crippen LogP contribution in [-0.2, 0) is 14.3 Å². The molecule has 0 saturated carbocycles. The van der Waals surface area contributed by atoms with E-state index in [1.807, 2.05) is 50.2 Å². The van der Waals surface area contributed by atoms with E-state index >= 15 is 0 Å². The molecule has 2 aromatic rings. The summed E-state index contributed by atoms with van der Waals surface area (Å²) in [7, 11) is 1.57. The van der Waals surface area contributed by atoms with Crippen molar-refractivity contribution in [2.75, 3.05) is 53.1 Å². The highest BCUT2D eigenvalue weighted by atomic mass is 16.5. The number of methoxy groups -OCH3 is 1. The number of Topliss-reactive ketones (excluding diaryl/α,β-unsaturated/α-hetero) is 1. The van der Waals surface area contributed by atoms with E-state index < -0.39 is 17.7 Å². The van der Waals surface area contributed by atoms with E-state index in [2.05, 4.69) is 11.8 Å². The number of ketones is 1. The van der Waals surface area contributed by atoms with Crippen LogP contribution in [0.3, 0.4) is 0 Å². The molecule has 2 saturated heterocycles. The fourth-order valence-corrected chi connectivity index (χ4v) is 5.18. The number of carbonyl (C=O) groups excluding carboxylic acids is 2. The van der Waals surface area contributed by atoms with E-state index in [-0.39, 0.29) is 11.3 Å². The number of unbranched alkanes of at least 4 members (excludes halogenated alkanes) is 1. The third-order valence-electron chi connectivity index (χ3n) is 7.42. The average molecular weight is 537 g/mol. The van der Waals surface area contributed by atoms with Crippen molar-refractivity contribution in [2.24, 2.45) is 0 Å². The van der Waals surface area contributed by atoms with E-state index in [1.54, 1.807) is 12.0 Å². The van der Waals surface area contributed by atoms with Gasteiger partial charge < -0.3 is 24.2 Å². The number of hydrogen-bond donors (Lipinski definition) is 1. The first-order valence-electron chi connectivity index (χ1n) is 13.8. The molecule has 2 aliphatic rings. The van der Waals surface area contributed by atoms with Crippen molar-refractivity contribution in [3.63, 3.8) is 0 Å². The van der Waals surface area contributed by atoms with Gasteiger partial charge in [-0.25, -0.2) is 0 Å². The predicted octanol–water partition coefficient (Wildman–Crippen LogP) is 4.63. The van der Waals surface area contributed by atoms with E-state index in [0.717, 1.165) is 43.6 Å². The summed E-state index contributed by atoms with van der Waals surface area (Å²) >= 11 is 0. The Hall–Kier alpha value is -3.36. The molecule has 2 aromatic carbocycles. The molecule has 1 amide bonds. The lowest BCUT2D eigenvalue weighted by Gasteiger charge is -2.29. The maximum atomic E-state index is 13.5. The van der Waals surface area contributed by atoms with Crippen LogP contribution in [0.4, 0.5) is 0 Å². The lowest BCUT2D eigenvalue weighted by molar-refractivity contribution is -0.140. The molecule has 39 heavy (non-hydrogen) atoms. The van der Waals surface area contributed by atoms with Gasteiger partial charge in [0, 0.05) is 31.7 Å². The molecule has 2 fully saturated rings. The molecule has 0 spiro atoms. The van der Waals surface area contributed by atoms with Gasteiger partial charge in [0.05, 0.1) is 38.5 Å². The zero-order valence-electron chi connectivity index (χ0n) is 23.5. The molecule has 210 valence electrons. The van der Waals surface area contributed by atoms with Crippen molar-refractivity contribution in [1.29, 1.82) is 0 Å². The normalized spacial score (nSPS) is 19.5. The predicted molar refractivity (Wildman–Crippen MR) is 150 cm³/mol. The molecule has 4 rings (SSSR count). The second-order valence-electron chi connectivity index (χ2n) is 10.2. The van der Waals surface area contributed by atoms with Gasteiger partial charge in [-0.3, -0.25) is 14.5 Å². The summed E-state index contributed by atoms with van der Waals surface area (Å²) < 4.78 is 17.0. The largest absolute Gasteiger partial charge is 0.507 e. The Balaban J connectivity index is 1.73. The van der Waals surface area contributed by atoms with Gasteiger partial charge >= 0.3 is 0 Å². The molecule has 1 unspecified atom stereocenters. The highest BCUT2D eigenvalue weighted by Crippen LogP contribution is 2.42. The van der Waals surface area contributed by atoms with Gasteiger partial charge in [0.1, 0.15) is 5.76 Å².